The highest BCUT2D eigenvalue weighted by Crippen LogP contribution is 2.43. The third-order valence-electron chi connectivity index (χ3n) is 4.60. The molecule has 0 amide bonds. The van der Waals surface area contributed by atoms with E-state index in [1.807, 2.05) is 24.3 Å². The molecule has 0 fully saturated rings. The van der Waals surface area contributed by atoms with Gasteiger partial charge >= 0.3 is 0 Å². The van der Waals surface area contributed by atoms with Crippen molar-refractivity contribution in [3.8, 4) is 11.5 Å². The lowest BCUT2D eigenvalue weighted by Gasteiger charge is -2.26. The summed E-state index contributed by atoms with van der Waals surface area (Å²) in [5, 5.41) is 9.13. The summed E-state index contributed by atoms with van der Waals surface area (Å²) in [7, 11) is 3.34. The van der Waals surface area contributed by atoms with Crippen LogP contribution in [0.5, 0.6) is 11.5 Å². The van der Waals surface area contributed by atoms with Crippen LogP contribution in [-0.4, -0.2) is 19.9 Å². The molecule has 0 bridgehead atoms. The largest absolute Gasteiger partial charge is 0.493 e. The molecule has 4 rings (SSSR count). The van der Waals surface area contributed by atoms with Crippen LogP contribution in [-0.2, 0) is 0 Å². The summed E-state index contributed by atoms with van der Waals surface area (Å²) < 4.78 is 12.3. The van der Waals surface area contributed by atoms with Crippen molar-refractivity contribution < 1.29 is 9.47 Å². The second-order valence-corrected chi connectivity index (χ2v) is 8.01. The average molecular weight is 443 g/mol. The molecule has 0 saturated carbocycles. The molecule has 1 aromatic heterocycles. The van der Waals surface area contributed by atoms with Crippen molar-refractivity contribution >= 4 is 38.7 Å². The molecule has 1 unspecified atom stereocenters. The quantitative estimate of drug-likeness (QED) is 0.494. The Balaban J connectivity index is 1.80. The molecule has 3 aromatic rings. The van der Waals surface area contributed by atoms with Crippen LogP contribution in [0.25, 0.3) is 0 Å². The number of para-hydroxylation sites is 1. The molecular formula is C21H19BrN2O2S. The highest BCUT2D eigenvalue weighted by molar-refractivity contribution is 9.10. The van der Waals surface area contributed by atoms with E-state index in [0.29, 0.717) is 0 Å². The van der Waals surface area contributed by atoms with E-state index in [2.05, 4.69) is 56.7 Å². The lowest BCUT2D eigenvalue weighted by Crippen LogP contribution is -2.19. The van der Waals surface area contributed by atoms with Crippen molar-refractivity contribution in [2.45, 2.75) is 12.5 Å². The fourth-order valence-electron chi connectivity index (χ4n) is 3.35. The molecule has 0 spiro atoms. The summed E-state index contributed by atoms with van der Waals surface area (Å²) in [5.41, 5.74) is 3.19. The number of hydrogen-bond acceptors (Lipinski definition) is 5. The summed E-state index contributed by atoms with van der Waals surface area (Å²) in [6, 6.07) is 18.4. The maximum absolute atomic E-state index is 5.70. The van der Waals surface area contributed by atoms with Gasteiger partial charge in [-0.1, -0.05) is 34.1 Å². The van der Waals surface area contributed by atoms with Gasteiger partial charge in [0.1, 0.15) is 0 Å². The van der Waals surface area contributed by atoms with Gasteiger partial charge in [-0.25, -0.2) is 0 Å². The van der Waals surface area contributed by atoms with E-state index in [1.54, 1.807) is 25.6 Å². The van der Waals surface area contributed by atoms with Crippen molar-refractivity contribution in [2.24, 2.45) is 5.10 Å². The molecule has 1 aliphatic rings. The summed E-state index contributed by atoms with van der Waals surface area (Å²) in [4.78, 5) is 1.20. The minimum Gasteiger partial charge on any atom is -0.493 e. The van der Waals surface area contributed by atoms with Crippen molar-refractivity contribution in [3.63, 3.8) is 0 Å². The minimum atomic E-state index is 0.0355. The van der Waals surface area contributed by atoms with Crippen molar-refractivity contribution in [1.82, 2.24) is 0 Å². The molecule has 1 atom stereocenters. The lowest BCUT2D eigenvalue weighted by atomic mass is 9.99. The zero-order chi connectivity index (χ0) is 18.8. The van der Waals surface area contributed by atoms with Crippen LogP contribution in [0.1, 0.15) is 22.9 Å². The number of nitrogens with zero attached hydrogens (tertiary/aromatic N) is 2. The van der Waals surface area contributed by atoms with Gasteiger partial charge in [0, 0.05) is 16.5 Å². The van der Waals surface area contributed by atoms with Crippen LogP contribution in [0, 0.1) is 0 Å². The third kappa shape index (κ3) is 3.47. The van der Waals surface area contributed by atoms with Crippen LogP contribution >= 0.6 is 27.3 Å². The SMILES string of the molecule is COc1cccc(C2CC(c3cccs3)=NN2c2ccc(Br)cc2)c1OC. The molecule has 2 heterocycles. The topological polar surface area (TPSA) is 34.1 Å². The Morgan fingerprint density at radius 2 is 1.85 bits per heavy atom. The van der Waals surface area contributed by atoms with Crippen molar-refractivity contribution in [2.75, 3.05) is 19.2 Å². The smallest absolute Gasteiger partial charge is 0.166 e. The van der Waals surface area contributed by atoms with Gasteiger partial charge in [0.2, 0.25) is 0 Å². The van der Waals surface area contributed by atoms with Gasteiger partial charge in [-0.3, -0.25) is 5.01 Å². The van der Waals surface area contributed by atoms with Crippen molar-refractivity contribution in [3.05, 3.63) is 74.9 Å². The molecule has 6 heteroatoms. The third-order valence-corrected chi connectivity index (χ3v) is 6.05. The predicted octanol–water partition coefficient (Wildman–Crippen LogP) is 5.88. The Bertz CT molecular complexity index is 955. The average Bonchev–Trinajstić information content (AvgIpc) is 3.37. The van der Waals surface area contributed by atoms with Crippen LogP contribution in [0.15, 0.2) is 69.6 Å². The van der Waals surface area contributed by atoms with Crippen LogP contribution in [0.3, 0.4) is 0 Å². The zero-order valence-corrected chi connectivity index (χ0v) is 17.5. The molecule has 138 valence electrons. The van der Waals surface area contributed by atoms with Crippen LogP contribution in [0.2, 0.25) is 0 Å². The monoisotopic (exact) mass is 442 g/mol. The summed E-state index contributed by atoms with van der Waals surface area (Å²) in [6.07, 6.45) is 0.806. The number of hydrogen-bond donors (Lipinski definition) is 0. The first kappa shape index (κ1) is 18.1. The molecule has 0 radical (unpaired) electrons. The number of rotatable bonds is 5. The Morgan fingerprint density at radius 3 is 2.52 bits per heavy atom. The molecule has 0 saturated heterocycles. The molecule has 1 aliphatic heterocycles. The molecule has 0 aliphatic carbocycles. The standard InChI is InChI=1S/C21H19BrN2O2S/c1-25-19-6-3-5-16(21(19)26-2)18-13-17(20-7-4-12-27-20)23-24(18)15-10-8-14(22)9-11-15/h3-12,18H,13H2,1-2H3. The Morgan fingerprint density at radius 1 is 1.04 bits per heavy atom. The fraction of sp³-hybridized carbons (Fsp3) is 0.190. The highest BCUT2D eigenvalue weighted by Gasteiger charge is 2.33. The first-order valence-electron chi connectivity index (χ1n) is 8.58. The first-order chi connectivity index (χ1) is 13.2. The normalized spacial score (nSPS) is 16.3. The van der Waals surface area contributed by atoms with Gasteiger partial charge < -0.3 is 9.47 Å². The molecule has 27 heavy (non-hydrogen) atoms. The Hall–Kier alpha value is -2.31. The summed E-state index contributed by atoms with van der Waals surface area (Å²) >= 11 is 5.22. The van der Waals surface area contributed by atoms with E-state index in [1.165, 1.54) is 4.88 Å². The van der Waals surface area contributed by atoms with Crippen molar-refractivity contribution in [1.29, 1.82) is 0 Å². The number of thiophene rings is 1. The second kappa shape index (κ2) is 7.74. The van der Waals surface area contributed by atoms with E-state index < -0.39 is 0 Å². The van der Waals surface area contributed by atoms with Gasteiger partial charge in [0.25, 0.3) is 0 Å². The van der Waals surface area contributed by atoms with Gasteiger partial charge in [-0.2, -0.15) is 5.10 Å². The van der Waals surface area contributed by atoms with E-state index in [4.69, 9.17) is 14.6 Å². The fourth-order valence-corrected chi connectivity index (χ4v) is 4.34. The van der Waals surface area contributed by atoms with Gasteiger partial charge in [0.05, 0.1) is 36.5 Å². The lowest BCUT2D eigenvalue weighted by molar-refractivity contribution is 0.349. The molecule has 2 aromatic carbocycles. The van der Waals surface area contributed by atoms with Gasteiger partial charge in [-0.05, 0) is 41.8 Å². The van der Waals surface area contributed by atoms with E-state index in [-0.39, 0.29) is 6.04 Å². The zero-order valence-electron chi connectivity index (χ0n) is 15.1. The van der Waals surface area contributed by atoms with Crippen LogP contribution < -0.4 is 14.5 Å². The van der Waals surface area contributed by atoms with Gasteiger partial charge in [0.15, 0.2) is 11.5 Å². The molecule has 0 N–H and O–H groups in total. The Kier molecular flexibility index (Phi) is 5.18. The van der Waals surface area contributed by atoms with E-state index in [0.717, 1.165) is 39.4 Å². The maximum Gasteiger partial charge on any atom is 0.166 e. The maximum atomic E-state index is 5.70. The van der Waals surface area contributed by atoms with Crippen LogP contribution in [0.4, 0.5) is 5.69 Å². The number of methoxy groups -OCH3 is 2. The number of halogens is 1. The number of benzene rings is 2. The number of ether oxygens (including phenoxy) is 2. The van der Waals surface area contributed by atoms with E-state index >= 15 is 0 Å². The first-order valence-corrected chi connectivity index (χ1v) is 10.3. The highest BCUT2D eigenvalue weighted by atomic mass is 79.9. The Labute approximate surface area is 171 Å². The molecule has 4 nitrogen and oxygen atoms in total. The number of hydrazone groups is 1. The predicted molar refractivity (Wildman–Crippen MR) is 114 cm³/mol. The number of anilines is 1. The molecular weight excluding hydrogens is 424 g/mol. The van der Waals surface area contributed by atoms with Gasteiger partial charge in [-0.15, -0.1) is 11.3 Å². The second-order valence-electron chi connectivity index (χ2n) is 6.15. The minimum absolute atomic E-state index is 0.0355. The van der Waals surface area contributed by atoms with E-state index in [9.17, 15) is 0 Å². The summed E-state index contributed by atoms with van der Waals surface area (Å²) in [5.74, 6) is 1.49. The summed E-state index contributed by atoms with van der Waals surface area (Å²) in [6.45, 7) is 0.